The molecule has 0 bridgehead atoms. The minimum atomic E-state index is 0.190. The molecule has 0 aromatic rings. The van der Waals surface area contributed by atoms with E-state index in [4.69, 9.17) is 5.73 Å². The second-order valence-corrected chi connectivity index (χ2v) is 5.02. The first-order chi connectivity index (χ1) is 7.61. The maximum Gasteiger partial charge on any atom is 0.220 e. The fourth-order valence-electron chi connectivity index (χ4n) is 1.95. The van der Waals surface area contributed by atoms with E-state index in [0.717, 1.165) is 32.4 Å². The molecule has 1 aliphatic heterocycles. The number of piperidine rings is 1. The lowest BCUT2D eigenvalue weighted by Gasteiger charge is -2.29. The van der Waals surface area contributed by atoms with Crippen LogP contribution in [0.15, 0.2) is 0 Å². The zero-order chi connectivity index (χ0) is 12.0. The van der Waals surface area contributed by atoms with Crippen molar-refractivity contribution in [2.75, 3.05) is 26.7 Å². The third-order valence-corrected chi connectivity index (χ3v) is 3.35. The topological polar surface area (TPSA) is 58.4 Å². The van der Waals surface area contributed by atoms with Crippen molar-refractivity contribution in [3.63, 3.8) is 0 Å². The van der Waals surface area contributed by atoms with Crippen molar-refractivity contribution < 1.29 is 4.79 Å². The van der Waals surface area contributed by atoms with Gasteiger partial charge in [-0.1, -0.05) is 6.92 Å². The molecule has 1 amide bonds. The summed E-state index contributed by atoms with van der Waals surface area (Å²) in [5.74, 6) is 0.637. The van der Waals surface area contributed by atoms with Crippen LogP contribution in [-0.4, -0.2) is 43.5 Å². The highest BCUT2D eigenvalue weighted by atomic mass is 16.1. The summed E-state index contributed by atoms with van der Waals surface area (Å²) < 4.78 is 0. The molecular formula is C12H25N3O. The molecule has 1 aliphatic rings. The van der Waals surface area contributed by atoms with Crippen LogP contribution in [0.1, 0.15) is 32.6 Å². The molecule has 1 heterocycles. The predicted molar refractivity (Wildman–Crippen MR) is 66.1 cm³/mol. The van der Waals surface area contributed by atoms with Gasteiger partial charge in [0.05, 0.1) is 0 Å². The average Bonchev–Trinajstić information content (AvgIpc) is 2.29. The van der Waals surface area contributed by atoms with Gasteiger partial charge in [-0.05, 0) is 51.9 Å². The maximum absolute atomic E-state index is 11.6. The molecule has 1 rings (SSSR count). The SMILES string of the molecule is CC(CN)CCC(=O)NC1CCN(C)CC1. The quantitative estimate of drug-likeness (QED) is 0.722. The molecule has 0 radical (unpaired) electrons. The molecule has 16 heavy (non-hydrogen) atoms. The summed E-state index contributed by atoms with van der Waals surface area (Å²) in [6.07, 6.45) is 3.67. The highest BCUT2D eigenvalue weighted by molar-refractivity contribution is 5.76. The largest absolute Gasteiger partial charge is 0.353 e. The average molecular weight is 227 g/mol. The molecule has 4 heteroatoms. The number of amides is 1. The smallest absolute Gasteiger partial charge is 0.220 e. The Morgan fingerprint density at radius 3 is 2.69 bits per heavy atom. The zero-order valence-corrected chi connectivity index (χ0v) is 10.5. The van der Waals surface area contributed by atoms with Crippen molar-refractivity contribution in [2.45, 2.75) is 38.6 Å². The van der Waals surface area contributed by atoms with Crippen LogP contribution >= 0.6 is 0 Å². The Kier molecular flexibility index (Phi) is 5.77. The van der Waals surface area contributed by atoms with Gasteiger partial charge in [-0.25, -0.2) is 0 Å². The Morgan fingerprint density at radius 2 is 2.12 bits per heavy atom. The Bertz CT molecular complexity index is 212. The number of hydrogen-bond acceptors (Lipinski definition) is 3. The van der Waals surface area contributed by atoms with Crippen molar-refractivity contribution in [3.8, 4) is 0 Å². The summed E-state index contributed by atoms with van der Waals surface area (Å²) in [4.78, 5) is 14.0. The molecule has 0 spiro atoms. The van der Waals surface area contributed by atoms with Gasteiger partial charge < -0.3 is 16.0 Å². The number of nitrogens with one attached hydrogen (secondary N) is 1. The number of rotatable bonds is 5. The minimum absolute atomic E-state index is 0.190. The zero-order valence-electron chi connectivity index (χ0n) is 10.5. The molecule has 1 atom stereocenters. The molecule has 0 aromatic heterocycles. The normalized spacial score (nSPS) is 20.7. The summed E-state index contributed by atoms with van der Waals surface area (Å²) in [5.41, 5.74) is 5.52. The molecule has 0 aromatic carbocycles. The molecule has 0 saturated carbocycles. The lowest BCUT2D eigenvalue weighted by Crippen LogP contribution is -2.43. The number of likely N-dealkylation sites (tertiary alicyclic amines) is 1. The van der Waals surface area contributed by atoms with E-state index in [0.29, 0.717) is 24.9 Å². The molecule has 94 valence electrons. The molecule has 1 fully saturated rings. The van der Waals surface area contributed by atoms with Gasteiger partial charge in [-0.3, -0.25) is 4.79 Å². The van der Waals surface area contributed by atoms with Crippen LogP contribution in [0.4, 0.5) is 0 Å². The van der Waals surface area contributed by atoms with E-state index in [1.807, 2.05) is 0 Å². The van der Waals surface area contributed by atoms with Crippen molar-refractivity contribution in [2.24, 2.45) is 11.7 Å². The van der Waals surface area contributed by atoms with E-state index in [1.165, 1.54) is 0 Å². The van der Waals surface area contributed by atoms with Crippen LogP contribution in [0, 0.1) is 5.92 Å². The fourth-order valence-corrected chi connectivity index (χ4v) is 1.95. The lowest BCUT2D eigenvalue weighted by molar-refractivity contribution is -0.122. The first kappa shape index (κ1) is 13.5. The Morgan fingerprint density at radius 1 is 1.50 bits per heavy atom. The van der Waals surface area contributed by atoms with Crippen LogP contribution in [0.5, 0.6) is 0 Å². The van der Waals surface area contributed by atoms with Gasteiger partial charge in [0.2, 0.25) is 5.91 Å². The molecular weight excluding hydrogens is 202 g/mol. The monoisotopic (exact) mass is 227 g/mol. The molecule has 3 N–H and O–H groups in total. The molecule has 0 aliphatic carbocycles. The number of carbonyl (C=O) groups excluding carboxylic acids is 1. The maximum atomic E-state index is 11.6. The summed E-state index contributed by atoms with van der Waals surface area (Å²) in [6, 6.07) is 0.386. The van der Waals surface area contributed by atoms with E-state index >= 15 is 0 Å². The molecule has 1 unspecified atom stereocenters. The third kappa shape index (κ3) is 4.94. The first-order valence-electron chi connectivity index (χ1n) is 6.29. The van der Waals surface area contributed by atoms with Crippen LogP contribution in [0.2, 0.25) is 0 Å². The number of hydrogen-bond donors (Lipinski definition) is 2. The second kappa shape index (κ2) is 6.86. The number of nitrogens with two attached hydrogens (primary N) is 1. The van der Waals surface area contributed by atoms with Gasteiger partial charge in [0.15, 0.2) is 0 Å². The second-order valence-electron chi connectivity index (χ2n) is 5.02. The summed E-state index contributed by atoms with van der Waals surface area (Å²) in [6.45, 7) is 4.93. The Labute approximate surface area is 98.6 Å². The van der Waals surface area contributed by atoms with Gasteiger partial charge in [0.25, 0.3) is 0 Å². The summed E-state index contributed by atoms with van der Waals surface area (Å²) in [5, 5.41) is 3.11. The van der Waals surface area contributed by atoms with Gasteiger partial charge in [0.1, 0.15) is 0 Å². The van der Waals surface area contributed by atoms with E-state index in [1.54, 1.807) is 0 Å². The first-order valence-corrected chi connectivity index (χ1v) is 6.29. The van der Waals surface area contributed by atoms with Crippen LogP contribution in [-0.2, 0) is 4.79 Å². The standard InChI is InChI=1S/C12H25N3O/c1-10(9-13)3-4-12(16)14-11-5-7-15(2)8-6-11/h10-11H,3-9,13H2,1-2H3,(H,14,16). The third-order valence-electron chi connectivity index (χ3n) is 3.35. The number of carbonyl (C=O) groups is 1. The van der Waals surface area contributed by atoms with Crippen LogP contribution in [0.3, 0.4) is 0 Å². The van der Waals surface area contributed by atoms with Crippen molar-refractivity contribution in [3.05, 3.63) is 0 Å². The highest BCUT2D eigenvalue weighted by Crippen LogP contribution is 2.09. The van der Waals surface area contributed by atoms with Crippen molar-refractivity contribution in [1.29, 1.82) is 0 Å². The van der Waals surface area contributed by atoms with Gasteiger partial charge >= 0.3 is 0 Å². The van der Waals surface area contributed by atoms with Gasteiger partial charge in [-0.2, -0.15) is 0 Å². The lowest BCUT2D eigenvalue weighted by atomic mass is 10.0. The van der Waals surface area contributed by atoms with E-state index in [-0.39, 0.29) is 5.91 Å². The van der Waals surface area contributed by atoms with E-state index in [9.17, 15) is 4.79 Å². The van der Waals surface area contributed by atoms with Gasteiger partial charge in [-0.15, -0.1) is 0 Å². The summed E-state index contributed by atoms with van der Waals surface area (Å²) in [7, 11) is 2.13. The molecule has 4 nitrogen and oxygen atoms in total. The Hall–Kier alpha value is -0.610. The van der Waals surface area contributed by atoms with Crippen LogP contribution in [0.25, 0.3) is 0 Å². The number of nitrogens with zero attached hydrogens (tertiary/aromatic N) is 1. The predicted octanol–water partition coefficient (Wildman–Crippen LogP) is 0.572. The molecule has 1 saturated heterocycles. The van der Waals surface area contributed by atoms with E-state index in [2.05, 4.69) is 24.2 Å². The summed E-state index contributed by atoms with van der Waals surface area (Å²) >= 11 is 0. The van der Waals surface area contributed by atoms with E-state index < -0.39 is 0 Å². The van der Waals surface area contributed by atoms with Gasteiger partial charge in [0, 0.05) is 12.5 Å². The Balaban J connectivity index is 2.14. The fraction of sp³-hybridized carbons (Fsp3) is 0.917. The highest BCUT2D eigenvalue weighted by Gasteiger charge is 2.18. The van der Waals surface area contributed by atoms with Crippen molar-refractivity contribution >= 4 is 5.91 Å². The minimum Gasteiger partial charge on any atom is -0.353 e. The van der Waals surface area contributed by atoms with Crippen LogP contribution < -0.4 is 11.1 Å². The van der Waals surface area contributed by atoms with Crippen molar-refractivity contribution in [1.82, 2.24) is 10.2 Å².